The quantitative estimate of drug-likeness (QED) is 0.623. The van der Waals surface area contributed by atoms with Crippen LogP contribution in [0.1, 0.15) is 18.1 Å². The zero-order chi connectivity index (χ0) is 22.3. The molecule has 30 heavy (non-hydrogen) atoms. The van der Waals surface area contributed by atoms with Crippen LogP contribution in [-0.4, -0.2) is 60.3 Å². The Bertz CT molecular complexity index is 968. The zero-order valence-electron chi connectivity index (χ0n) is 17.1. The van der Waals surface area contributed by atoms with Gasteiger partial charge in [0.1, 0.15) is 6.04 Å². The highest BCUT2D eigenvalue weighted by Gasteiger charge is 2.28. The summed E-state index contributed by atoms with van der Waals surface area (Å²) in [6.45, 7) is 1.67. The molecule has 2 amide bonds. The minimum atomic E-state index is -3.54. The summed E-state index contributed by atoms with van der Waals surface area (Å²) in [7, 11) is -2.22. The largest absolute Gasteiger partial charge is 0.350 e. The average molecular weight is 453 g/mol. The lowest BCUT2D eigenvalue weighted by atomic mass is 10.1. The third-order valence-electron chi connectivity index (χ3n) is 4.57. The Labute approximate surface area is 181 Å². The molecule has 1 aromatic heterocycles. The van der Waals surface area contributed by atoms with Crippen LogP contribution in [0.3, 0.4) is 0 Å². The maximum Gasteiger partial charge on any atom is 0.242 e. The van der Waals surface area contributed by atoms with Crippen LogP contribution in [0.2, 0.25) is 5.02 Å². The fraction of sp³-hybridized carbons (Fsp3) is 0.350. The number of carbonyl (C=O) groups excluding carboxylic acids is 2. The maximum absolute atomic E-state index is 12.9. The molecule has 0 aliphatic heterocycles. The second kappa shape index (κ2) is 10.5. The van der Waals surface area contributed by atoms with E-state index in [0.29, 0.717) is 5.02 Å². The highest BCUT2D eigenvalue weighted by atomic mass is 35.5. The highest BCUT2D eigenvalue weighted by Crippen LogP contribution is 2.14. The van der Waals surface area contributed by atoms with Crippen LogP contribution in [0.15, 0.2) is 48.8 Å². The van der Waals surface area contributed by atoms with Crippen molar-refractivity contribution in [3.05, 3.63) is 64.9 Å². The molecule has 1 heterocycles. The second-order valence-corrected chi connectivity index (χ2v) is 9.44. The SMILES string of the molecule is CC(C(=O)NCc1ccncc1)N(Cc1ccc(Cl)cc1)C(=O)CN(C)S(C)(=O)=O. The van der Waals surface area contributed by atoms with Crippen molar-refractivity contribution in [1.29, 1.82) is 0 Å². The Balaban J connectivity index is 2.16. The van der Waals surface area contributed by atoms with Gasteiger partial charge in [-0.25, -0.2) is 8.42 Å². The van der Waals surface area contributed by atoms with E-state index in [4.69, 9.17) is 11.6 Å². The number of halogens is 1. The summed E-state index contributed by atoms with van der Waals surface area (Å²) in [6.07, 6.45) is 4.28. The van der Waals surface area contributed by atoms with E-state index in [-0.39, 0.29) is 25.5 Å². The van der Waals surface area contributed by atoms with E-state index < -0.39 is 22.0 Å². The fourth-order valence-electron chi connectivity index (χ4n) is 2.61. The van der Waals surface area contributed by atoms with Crippen LogP contribution in [0.5, 0.6) is 0 Å². The summed E-state index contributed by atoms with van der Waals surface area (Å²) in [6, 6.07) is 9.63. The summed E-state index contributed by atoms with van der Waals surface area (Å²) in [5.41, 5.74) is 1.64. The molecule has 0 aliphatic carbocycles. The Hall–Kier alpha value is -2.49. The van der Waals surface area contributed by atoms with Crippen LogP contribution in [0, 0.1) is 0 Å². The number of carbonyl (C=O) groups is 2. The number of hydrogen-bond acceptors (Lipinski definition) is 5. The molecule has 0 fully saturated rings. The number of pyridine rings is 1. The van der Waals surface area contributed by atoms with Crippen molar-refractivity contribution >= 4 is 33.4 Å². The molecule has 0 saturated heterocycles. The van der Waals surface area contributed by atoms with Gasteiger partial charge in [0.15, 0.2) is 0 Å². The van der Waals surface area contributed by atoms with Crippen LogP contribution in [-0.2, 0) is 32.7 Å². The minimum absolute atomic E-state index is 0.136. The molecule has 1 N–H and O–H groups in total. The Morgan fingerprint density at radius 3 is 2.27 bits per heavy atom. The lowest BCUT2D eigenvalue weighted by molar-refractivity contribution is -0.140. The van der Waals surface area contributed by atoms with Gasteiger partial charge in [-0.2, -0.15) is 4.31 Å². The first kappa shape index (κ1) is 23.8. The van der Waals surface area contributed by atoms with E-state index in [1.807, 2.05) is 0 Å². The summed E-state index contributed by atoms with van der Waals surface area (Å²) in [4.78, 5) is 30.9. The van der Waals surface area contributed by atoms with Gasteiger partial charge in [-0.3, -0.25) is 14.6 Å². The molecule has 2 rings (SSSR count). The summed E-state index contributed by atoms with van der Waals surface area (Å²) in [5.74, 6) is -0.833. The van der Waals surface area contributed by atoms with Crippen LogP contribution >= 0.6 is 11.6 Å². The van der Waals surface area contributed by atoms with Gasteiger partial charge in [0.05, 0.1) is 12.8 Å². The molecule has 0 spiro atoms. The van der Waals surface area contributed by atoms with Gasteiger partial charge in [0, 0.05) is 37.6 Å². The van der Waals surface area contributed by atoms with Crippen LogP contribution < -0.4 is 5.32 Å². The standard InChI is InChI=1S/C20H25ClN4O4S/c1-15(20(27)23-12-16-8-10-22-11-9-16)25(13-17-4-6-18(21)7-5-17)19(26)14-24(2)30(3,28)29/h4-11,15H,12-14H2,1-3H3,(H,23,27). The lowest BCUT2D eigenvalue weighted by Gasteiger charge is -2.30. The molecule has 0 radical (unpaired) electrons. The van der Waals surface area contributed by atoms with Crippen molar-refractivity contribution in [3.8, 4) is 0 Å². The Morgan fingerprint density at radius 1 is 1.10 bits per heavy atom. The molecule has 2 aromatic rings. The normalized spacial score (nSPS) is 12.4. The van der Waals surface area contributed by atoms with E-state index in [2.05, 4.69) is 10.3 Å². The van der Waals surface area contributed by atoms with Gasteiger partial charge in [-0.1, -0.05) is 23.7 Å². The molecule has 162 valence electrons. The lowest BCUT2D eigenvalue weighted by Crippen LogP contribution is -2.50. The van der Waals surface area contributed by atoms with Crippen molar-refractivity contribution in [2.45, 2.75) is 26.1 Å². The molecule has 1 aromatic carbocycles. The topological polar surface area (TPSA) is 99.7 Å². The van der Waals surface area contributed by atoms with Gasteiger partial charge >= 0.3 is 0 Å². The molecule has 8 nitrogen and oxygen atoms in total. The molecule has 0 aliphatic rings. The number of nitrogens with one attached hydrogen (secondary N) is 1. The number of aromatic nitrogens is 1. The molecule has 0 bridgehead atoms. The van der Waals surface area contributed by atoms with Gasteiger partial charge in [0.2, 0.25) is 21.8 Å². The molecular formula is C20H25ClN4O4S. The molecule has 10 heteroatoms. The summed E-state index contributed by atoms with van der Waals surface area (Å²) in [5, 5.41) is 3.35. The van der Waals surface area contributed by atoms with Gasteiger partial charge in [-0.15, -0.1) is 0 Å². The van der Waals surface area contributed by atoms with Gasteiger partial charge < -0.3 is 10.2 Å². The first-order valence-electron chi connectivity index (χ1n) is 9.19. The van der Waals surface area contributed by atoms with E-state index in [1.165, 1.54) is 11.9 Å². The van der Waals surface area contributed by atoms with Crippen molar-refractivity contribution in [3.63, 3.8) is 0 Å². The zero-order valence-corrected chi connectivity index (χ0v) is 18.7. The number of nitrogens with zero attached hydrogens (tertiary/aromatic N) is 3. The smallest absolute Gasteiger partial charge is 0.242 e. The second-order valence-electron chi connectivity index (χ2n) is 6.92. The number of sulfonamides is 1. The molecule has 0 saturated carbocycles. The van der Waals surface area contributed by atoms with Gasteiger partial charge in [0.25, 0.3) is 0 Å². The van der Waals surface area contributed by atoms with E-state index in [9.17, 15) is 18.0 Å². The molecule has 1 unspecified atom stereocenters. The number of likely N-dealkylation sites (N-methyl/N-ethyl adjacent to an activating group) is 1. The third-order valence-corrected chi connectivity index (χ3v) is 6.09. The Kier molecular flexibility index (Phi) is 8.33. The fourth-order valence-corrected chi connectivity index (χ4v) is 3.08. The Morgan fingerprint density at radius 2 is 1.70 bits per heavy atom. The van der Waals surface area contributed by atoms with Gasteiger partial charge in [-0.05, 0) is 42.3 Å². The maximum atomic E-state index is 12.9. The van der Waals surface area contributed by atoms with Crippen molar-refractivity contribution in [2.24, 2.45) is 0 Å². The monoisotopic (exact) mass is 452 g/mol. The first-order chi connectivity index (χ1) is 14.1. The van der Waals surface area contributed by atoms with Crippen molar-refractivity contribution < 1.29 is 18.0 Å². The van der Waals surface area contributed by atoms with E-state index in [1.54, 1.807) is 55.7 Å². The molecular weight excluding hydrogens is 428 g/mol. The number of rotatable bonds is 9. The van der Waals surface area contributed by atoms with Crippen molar-refractivity contribution in [2.75, 3.05) is 19.8 Å². The number of hydrogen-bond donors (Lipinski definition) is 1. The first-order valence-corrected chi connectivity index (χ1v) is 11.4. The predicted octanol–water partition coefficient (Wildman–Crippen LogP) is 1.66. The van der Waals surface area contributed by atoms with Crippen LogP contribution in [0.4, 0.5) is 0 Å². The average Bonchev–Trinajstić information content (AvgIpc) is 2.71. The minimum Gasteiger partial charge on any atom is -0.350 e. The van der Waals surface area contributed by atoms with E-state index in [0.717, 1.165) is 21.7 Å². The number of benzene rings is 1. The van der Waals surface area contributed by atoms with Crippen LogP contribution in [0.25, 0.3) is 0 Å². The number of amides is 2. The predicted molar refractivity (Wildman–Crippen MR) is 115 cm³/mol. The van der Waals surface area contributed by atoms with E-state index >= 15 is 0 Å². The summed E-state index contributed by atoms with van der Waals surface area (Å²) < 4.78 is 24.4. The third kappa shape index (κ3) is 7.08. The highest BCUT2D eigenvalue weighted by molar-refractivity contribution is 7.88. The summed E-state index contributed by atoms with van der Waals surface area (Å²) >= 11 is 5.92. The molecule has 1 atom stereocenters. The van der Waals surface area contributed by atoms with Crippen molar-refractivity contribution in [1.82, 2.24) is 19.5 Å².